The third kappa shape index (κ3) is 2.18. The summed E-state index contributed by atoms with van der Waals surface area (Å²) in [6.45, 7) is 0. The lowest BCUT2D eigenvalue weighted by Crippen LogP contribution is -1.82. The summed E-state index contributed by atoms with van der Waals surface area (Å²) in [7, 11) is 0. The van der Waals surface area contributed by atoms with Crippen molar-refractivity contribution in [2.24, 2.45) is 0 Å². The van der Waals surface area contributed by atoms with Crippen LogP contribution in [0.5, 0.6) is 0 Å². The molecule has 1 aromatic rings. The largest absolute Gasteiger partial charge is 0.289 e. The normalized spacial score (nSPS) is 8.09. The van der Waals surface area contributed by atoms with E-state index in [0.29, 0.717) is 6.29 Å². The maximum absolute atomic E-state index is 12.4. The SMILES string of the molecule is O=CC#Cc1cc(F)ccn1. The lowest BCUT2D eigenvalue weighted by molar-refractivity contribution is -0.103. The smallest absolute Gasteiger partial charge is 0.193 e. The number of pyridine rings is 1. The van der Waals surface area contributed by atoms with Gasteiger partial charge in [-0.3, -0.25) is 4.79 Å². The molecule has 0 saturated carbocycles. The van der Waals surface area contributed by atoms with Crippen LogP contribution in [0.3, 0.4) is 0 Å². The predicted octanol–water partition coefficient (Wildman–Crippen LogP) is 0.771. The van der Waals surface area contributed by atoms with Gasteiger partial charge in [0.15, 0.2) is 6.29 Å². The van der Waals surface area contributed by atoms with Crippen LogP contribution >= 0.6 is 0 Å². The van der Waals surface area contributed by atoms with Gasteiger partial charge in [-0.1, -0.05) is 0 Å². The van der Waals surface area contributed by atoms with Gasteiger partial charge in [0.25, 0.3) is 0 Å². The molecule has 0 aromatic carbocycles. The van der Waals surface area contributed by atoms with Crippen molar-refractivity contribution in [2.75, 3.05) is 0 Å². The number of nitrogens with zero attached hydrogens (tertiary/aromatic N) is 1. The average molecular weight is 149 g/mol. The van der Waals surface area contributed by atoms with Crippen LogP contribution in [0.4, 0.5) is 4.39 Å². The first-order chi connectivity index (χ1) is 5.33. The van der Waals surface area contributed by atoms with Crippen LogP contribution in [0.2, 0.25) is 0 Å². The van der Waals surface area contributed by atoms with Crippen LogP contribution in [-0.4, -0.2) is 11.3 Å². The van der Waals surface area contributed by atoms with Crippen LogP contribution in [0.1, 0.15) is 5.69 Å². The Morgan fingerprint density at radius 2 is 2.45 bits per heavy atom. The molecule has 1 heterocycles. The summed E-state index contributed by atoms with van der Waals surface area (Å²) in [5.41, 5.74) is 0.261. The maximum Gasteiger partial charge on any atom is 0.193 e. The highest BCUT2D eigenvalue weighted by atomic mass is 19.1. The number of aldehydes is 1. The molecule has 1 aromatic heterocycles. The standard InChI is InChI=1S/C8H4FNO/c9-7-3-4-10-8(6-7)2-1-5-11/h3-6H. The molecular formula is C8H4FNO. The Labute approximate surface area is 63.1 Å². The van der Waals surface area contributed by atoms with Crippen molar-refractivity contribution in [3.8, 4) is 11.8 Å². The fourth-order valence-corrected chi connectivity index (χ4v) is 0.577. The zero-order valence-corrected chi connectivity index (χ0v) is 5.54. The zero-order chi connectivity index (χ0) is 8.10. The van der Waals surface area contributed by atoms with Gasteiger partial charge in [0.05, 0.1) is 0 Å². The predicted molar refractivity (Wildman–Crippen MR) is 37.1 cm³/mol. The fraction of sp³-hybridized carbons (Fsp3) is 0. The van der Waals surface area contributed by atoms with Gasteiger partial charge in [-0.25, -0.2) is 9.37 Å². The van der Waals surface area contributed by atoms with Crippen molar-refractivity contribution >= 4 is 6.29 Å². The molecule has 0 bridgehead atoms. The van der Waals surface area contributed by atoms with E-state index >= 15 is 0 Å². The van der Waals surface area contributed by atoms with Gasteiger partial charge in [0, 0.05) is 12.3 Å². The number of hydrogen-bond donors (Lipinski definition) is 0. The molecule has 0 radical (unpaired) electrons. The summed E-state index contributed by atoms with van der Waals surface area (Å²) in [4.78, 5) is 13.5. The quantitative estimate of drug-likeness (QED) is 0.403. The van der Waals surface area contributed by atoms with E-state index in [-0.39, 0.29) is 5.69 Å². The van der Waals surface area contributed by atoms with E-state index in [4.69, 9.17) is 0 Å². The average Bonchev–Trinajstić information content (AvgIpc) is 2.01. The second kappa shape index (κ2) is 3.47. The lowest BCUT2D eigenvalue weighted by Gasteiger charge is -1.86. The monoisotopic (exact) mass is 149 g/mol. The van der Waals surface area contributed by atoms with Gasteiger partial charge in [-0.2, -0.15) is 0 Å². The van der Waals surface area contributed by atoms with E-state index in [1.807, 2.05) is 0 Å². The highest BCUT2D eigenvalue weighted by molar-refractivity contribution is 5.73. The van der Waals surface area contributed by atoms with Crippen molar-refractivity contribution in [1.29, 1.82) is 0 Å². The van der Waals surface area contributed by atoms with Gasteiger partial charge in [0.1, 0.15) is 11.5 Å². The molecule has 2 nitrogen and oxygen atoms in total. The molecule has 0 aliphatic heterocycles. The van der Waals surface area contributed by atoms with Gasteiger partial charge in [0.2, 0.25) is 0 Å². The Kier molecular flexibility index (Phi) is 2.34. The molecule has 0 amide bonds. The van der Waals surface area contributed by atoms with E-state index in [1.54, 1.807) is 0 Å². The maximum atomic E-state index is 12.4. The number of halogens is 1. The number of rotatable bonds is 0. The Morgan fingerprint density at radius 1 is 1.64 bits per heavy atom. The Hall–Kier alpha value is -1.69. The molecule has 0 saturated heterocycles. The fourth-order valence-electron chi connectivity index (χ4n) is 0.577. The molecule has 0 aliphatic rings. The lowest BCUT2D eigenvalue weighted by atomic mass is 10.3. The zero-order valence-electron chi connectivity index (χ0n) is 5.54. The minimum Gasteiger partial charge on any atom is -0.289 e. The minimum absolute atomic E-state index is 0.261. The number of carbonyl (C=O) groups is 1. The summed E-state index contributed by atoms with van der Waals surface area (Å²) in [6, 6.07) is 2.38. The summed E-state index contributed by atoms with van der Waals surface area (Å²) in [5.74, 6) is 4.09. The van der Waals surface area contributed by atoms with Gasteiger partial charge < -0.3 is 0 Å². The van der Waals surface area contributed by atoms with E-state index in [9.17, 15) is 9.18 Å². The number of aromatic nitrogens is 1. The summed E-state index contributed by atoms with van der Waals surface area (Å²) < 4.78 is 12.4. The molecule has 11 heavy (non-hydrogen) atoms. The first kappa shape index (κ1) is 7.42. The van der Waals surface area contributed by atoms with Crippen molar-refractivity contribution in [1.82, 2.24) is 4.98 Å². The first-order valence-corrected chi connectivity index (χ1v) is 2.89. The van der Waals surface area contributed by atoms with Crippen LogP contribution < -0.4 is 0 Å². The van der Waals surface area contributed by atoms with E-state index in [0.717, 1.165) is 6.07 Å². The molecule has 0 N–H and O–H groups in total. The molecule has 0 spiro atoms. The first-order valence-electron chi connectivity index (χ1n) is 2.89. The molecular weight excluding hydrogens is 145 g/mol. The molecule has 1 rings (SSSR count). The summed E-state index contributed by atoms with van der Waals surface area (Å²) in [6.07, 6.45) is 1.73. The molecule has 0 atom stereocenters. The van der Waals surface area contributed by atoms with Crippen LogP contribution in [0, 0.1) is 17.7 Å². The van der Waals surface area contributed by atoms with Crippen LogP contribution in [0.15, 0.2) is 18.3 Å². The number of carbonyl (C=O) groups excluding carboxylic acids is 1. The Bertz CT molecular complexity index is 324. The Balaban J connectivity index is 2.96. The van der Waals surface area contributed by atoms with Crippen molar-refractivity contribution in [3.05, 3.63) is 29.8 Å². The third-order valence-electron chi connectivity index (χ3n) is 0.981. The van der Waals surface area contributed by atoms with Crippen molar-refractivity contribution in [2.45, 2.75) is 0 Å². The Morgan fingerprint density at radius 3 is 3.09 bits per heavy atom. The topological polar surface area (TPSA) is 30.0 Å². The minimum atomic E-state index is -0.407. The molecule has 3 heteroatoms. The highest BCUT2D eigenvalue weighted by Crippen LogP contribution is 1.96. The summed E-state index contributed by atoms with van der Waals surface area (Å²) in [5, 5.41) is 0. The molecule has 0 unspecified atom stereocenters. The van der Waals surface area contributed by atoms with E-state index in [2.05, 4.69) is 16.8 Å². The van der Waals surface area contributed by atoms with E-state index < -0.39 is 5.82 Å². The second-order valence-corrected chi connectivity index (χ2v) is 1.75. The molecule has 0 fully saturated rings. The van der Waals surface area contributed by atoms with Gasteiger partial charge in [-0.15, -0.1) is 0 Å². The van der Waals surface area contributed by atoms with Crippen LogP contribution in [-0.2, 0) is 4.79 Å². The summed E-state index contributed by atoms with van der Waals surface area (Å²) >= 11 is 0. The van der Waals surface area contributed by atoms with E-state index in [1.165, 1.54) is 12.3 Å². The number of hydrogen-bond acceptors (Lipinski definition) is 2. The van der Waals surface area contributed by atoms with Crippen molar-refractivity contribution < 1.29 is 9.18 Å². The van der Waals surface area contributed by atoms with Gasteiger partial charge >= 0.3 is 0 Å². The molecule has 54 valence electrons. The second-order valence-electron chi connectivity index (χ2n) is 1.75. The highest BCUT2D eigenvalue weighted by Gasteiger charge is 1.89. The van der Waals surface area contributed by atoms with Crippen LogP contribution in [0.25, 0.3) is 0 Å². The van der Waals surface area contributed by atoms with Gasteiger partial charge in [-0.05, 0) is 17.9 Å². The van der Waals surface area contributed by atoms with Crippen molar-refractivity contribution in [3.63, 3.8) is 0 Å². The third-order valence-corrected chi connectivity index (χ3v) is 0.981. The molecule has 0 aliphatic carbocycles.